The van der Waals surface area contributed by atoms with Crippen molar-refractivity contribution in [3.8, 4) is 17.9 Å². The molecule has 35 heavy (non-hydrogen) atoms. The Bertz CT molecular complexity index is 1110. The maximum atomic E-state index is 12.1. The summed E-state index contributed by atoms with van der Waals surface area (Å²) in [5.41, 5.74) is 1.63. The van der Waals surface area contributed by atoms with E-state index in [1.807, 2.05) is 32.9 Å². The number of aromatic nitrogens is 2. The second kappa shape index (κ2) is 12.1. The Balaban J connectivity index is 1.69. The molecule has 0 bridgehead atoms. The number of hydrogen-bond donors (Lipinski definition) is 3. The third kappa shape index (κ3) is 8.50. The normalized spacial score (nSPS) is 17.3. The minimum atomic E-state index is -0.513. The Morgan fingerprint density at radius 1 is 1.23 bits per heavy atom. The number of rotatable bonds is 6. The molecule has 1 aliphatic rings. The van der Waals surface area contributed by atoms with E-state index < -0.39 is 5.60 Å². The predicted molar refractivity (Wildman–Crippen MR) is 137 cm³/mol. The van der Waals surface area contributed by atoms with Crippen molar-refractivity contribution in [3.63, 3.8) is 0 Å². The highest BCUT2D eigenvalue weighted by Crippen LogP contribution is 2.25. The maximum absolute atomic E-state index is 12.1. The zero-order valence-corrected chi connectivity index (χ0v) is 20.9. The molecule has 0 spiro atoms. The van der Waals surface area contributed by atoms with Crippen molar-refractivity contribution in [1.82, 2.24) is 15.3 Å². The van der Waals surface area contributed by atoms with E-state index in [0.717, 1.165) is 49.9 Å². The molecule has 3 N–H and O–H groups in total. The van der Waals surface area contributed by atoms with Gasteiger partial charge in [0.05, 0.1) is 23.4 Å². The summed E-state index contributed by atoms with van der Waals surface area (Å²) < 4.78 is 5.39. The molecule has 0 aliphatic heterocycles. The minimum Gasteiger partial charge on any atom is -0.444 e. The average Bonchev–Trinajstić information content (AvgIpc) is 2.81. The van der Waals surface area contributed by atoms with Crippen LogP contribution in [0.2, 0.25) is 0 Å². The number of amides is 1. The predicted octanol–water partition coefficient (Wildman–Crippen LogP) is 5.35. The Labute approximate surface area is 207 Å². The number of carbonyl (C=O) groups is 1. The standard InChI is InChI=1S/C27H34N6O2/c1-5-15-29-24-21(18-30-25(33-24)31-22-13-10-20(17-28)11-14-22)12-9-19-7-6-8-23(16-19)32-26(34)35-27(2,3)4/h10-11,13-14,18-19,23H,5-8,15-16H2,1-4H3,(H,32,34)(H2,29,30,31,33)/t19-,23-/m0/s1. The third-order valence-electron chi connectivity index (χ3n) is 5.41. The van der Waals surface area contributed by atoms with Crippen LogP contribution in [-0.4, -0.2) is 34.2 Å². The van der Waals surface area contributed by atoms with E-state index in [4.69, 9.17) is 10.00 Å². The molecule has 184 valence electrons. The van der Waals surface area contributed by atoms with E-state index in [0.29, 0.717) is 17.3 Å². The molecule has 3 rings (SSSR count). The van der Waals surface area contributed by atoms with Crippen LogP contribution in [0.1, 0.15) is 70.9 Å². The Morgan fingerprint density at radius 2 is 2.00 bits per heavy atom. The van der Waals surface area contributed by atoms with Gasteiger partial charge in [-0.05, 0) is 70.7 Å². The monoisotopic (exact) mass is 474 g/mol. The molecular formula is C27H34N6O2. The summed E-state index contributed by atoms with van der Waals surface area (Å²) in [7, 11) is 0. The zero-order valence-electron chi connectivity index (χ0n) is 20.9. The molecule has 2 aromatic rings. The summed E-state index contributed by atoms with van der Waals surface area (Å²) >= 11 is 0. The maximum Gasteiger partial charge on any atom is 0.407 e. The van der Waals surface area contributed by atoms with E-state index in [2.05, 4.69) is 50.8 Å². The highest BCUT2D eigenvalue weighted by Gasteiger charge is 2.24. The lowest BCUT2D eigenvalue weighted by Gasteiger charge is -2.28. The van der Waals surface area contributed by atoms with Gasteiger partial charge in [0.25, 0.3) is 0 Å². The summed E-state index contributed by atoms with van der Waals surface area (Å²) in [5, 5.41) is 18.5. The van der Waals surface area contributed by atoms with Gasteiger partial charge in [0, 0.05) is 24.2 Å². The van der Waals surface area contributed by atoms with Gasteiger partial charge in [-0.25, -0.2) is 9.78 Å². The van der Waals surface area contributed by atoms with Gasteiger partial charge in [-0.15, -0.1) is 0 Å². The van der Waals surface area contributed by atoms with Crippen LogP contribution >= 0.6 is 0 Å². The lowest BCUT2D eigenvalue weighted by molar-refractivity contribution is 0.0489. The van der Waals surface area contributed by atoms with Crippen LogP contribution in [0.25, 0.3) is 0 Å². The number of nitrogens with one attached hydrogen (secondary N) is 3. The van der Waals surface area contributed by atoms with Crippen LogP contribution in [0.15, 0.2) is 30.5 Å². The molecule has 1 aromatic heterocycles. The van der Waals surface area contributed by atoms with Gasteiger partial charge in [-0.3, -0.25) is 0 Å². The van der Waals surface area contributed by atoms with Gasteiger partial charge < -0.3 is 20.7 Å². The summed E-state index contributed by atoms with van der Waals surface area (Å²) in [6.45, 7) is 8.44. The summed E-state index contributed by atoms with van der Waals surface area (Å²) in [6.07, 6.45) is 6.03. The Morgan fingerprint density at radius 3 is 2.69 bits per heavy atom. The molecule has 1 heterocycles. The molecule has 1 aliphatic carbocycles. The second-order valence-electron chi connectivity index (χ2n) is 9.67. The first-order chi connectivity index (χ1) is 16.8. The molecule has 0 radical (unpaired) electrons. The number of nitrogens with zero attached hydrogens (tertiary/aromatic N) is 3. The summed E-state index contributed by atoms with van der Waals surface area (Å²) in [5.74, 6) is 7.96. The second-order valence-corrected chi connectivity index (χ2v) is 9.67. The van der Waals surface area contributed by atoms with Crippen molar-refractivity contribution in [1.29, 1.82) is 5.26 Å². The molecule has 1 saturated carbocycles. The molecule has 0 unspecified atom stereocenters. The SMILES string of the molecule is CCCNc1nc(Nc2ccc(C#N)cc2)ncc1C#C[C@@H]1CCC[C@H](NC(=O)OC(C)(C)C)C1. The largest absolute Gasteiger partial charge is 0.444 e. The molecule has 1 aromatic carbocycles. The van der Waals surface area contributed by atoms with Crippen LogP contribution in [0, 0.1) is 29.1 Å². The van der Waals surface area contributed by atoms with Crippen LogP contribution in [-0.2, 0) is 4.74 Å². The smallest absolute Gasteiger partial charge is 0.407 e. The quantitative estimate of drug-likeness (QED) is 0.484. The molecule has 1 amide bonds. The molecular weight excluding hydrogens is 440 g/mol. The van der Waals surface area contributed by atoms with Crippen molar-refractivity contribution in [2.24, 2.45) is 5.92 Å². The van der Waals surface area contributed by atoms with E-state index in [1.54, 1.807) is 18.3 Å². The molecule has 8 nitrogen and oxygen atoms in total. The van der Waals surface area contributed by atoms with E-state index in [1.165, 1.54) is 0 Å². The fraction of sp³-hybridized carbons (Fsp3) is 0.481. The number of carbonyl (C=O) groups excluding carboxylic acids is 1. The van der Waals surface area contributed by atoms with E-state index in [9.17, 15) is 4.79 Å². The van der Waals surface area contributed by atoms with Crippen molar-refractivity contribution in [3.05, 3.63) is 41.6 Å². The number of anilines is 3. The van der Waals surface area contributed by atoms with Gasteiger partial charge in [-0.1, -0.05) is 25.2 Å². The highest BCUT2D eigenvalue weighted by molar-refractivity contribution is 5.68. The minimum absolute atomic E-state index is 0.0610. The van der Waals surface area contributed by atoms with Crippen LogP contribution in [0.4, 0.5) is 22.2 Å². The molecule has 2 atom stereocenters. The average molecular weight is 475 g/mol. The lowest BCUT2D eigenvalue weighted by atomic mass is 9.86. The molecule has 1 fully saturated rings. The van der Waals surface area contributed by atoms with Crippen LogP contribution in [0.3, 0.4) is 0 Å². The molecule has 0 saturated heterocycles. The Hall–Kier alpha value is -3.78. The fourth-order valence-corrected chi connectivity index (χ4v) is 3.77. The zero-order chi connectivity index (χ0) is 25.3. The number of ether oxygens (including phenoxy) is 1. The highest BCUT2D eigenvalue weighted by atomic mass is 16.6. The van der Waals surface area contributed by atoms with E-state index >= 15 is 0 Å². The number of benzene rings is 1. The Kier molecular flexibility index (Phi) is 8.92. The first kappa shape index (κ1) is 25.8. The van der Waals surface area contributed by atoms with Crippen molar-refractivity contribution < 1.29 is 9.53 Å². The van der Waals surface area contributed by atoms with Gasteiger partial charge in [0.1, 0.15) is 11.4 Å². The van der Waals surface area contributed by atoms with Gasteiger partial charge in [-0.2, -0.15) is 10.2 Å². The van der Waals surface area contributed by atoms with E-state index in [-0.39, 0.29) is 18.1 Å². The lowest BCUT2D eigenvalue weighted by Crippen LogP contribution is -2.41. The number of hydrogen-bond acceptors (Lipinski definition) is 7. The van der Waals surface area contributed by atoms with Crippen molar-refractivity contribution in [2.45, 2.75) is 71.4 Å². The third-order valence-corrected chi connectivity index (χ3v) is 5.41. The van der Waals surface area contributed by atoms with Gasteiger partial charge in [0.15, 0.2) is 0 Å². The molecule has 8 heteroatoms. The number of nitriles is 1. The fourth-order valence-electron chi connectivity index (χ4n) is 3.77. The first-order valence-corrected chi connectivity index (χ1v) is 12.1. The van der Waals surface area contributed by atoms with Gasteiger partial charge in [0.2, 0.25) is 5.95 Å². The van der Waals surface area contributed by atoms with Crippen LogP contribution in [0.5, 0.6) is 0 Å². The van der Waals surface area contributed by atoms with Gasteiger partial charge >= 0.3 is 6.09 Å². The topological polar surface area (TPSA) is 112 Å². The number of alkyl carbamates (subject to hydrolysis) is 1. The van der Waals surface area contributed by atoms with Crippen LogP contribution < -0.4 is 16.0 Å². The summed E-state index contributed by atoms with van der Waals surface area (Å²) in [4.78, 5) is 21.2. The first-order valence-electron chi connectivity index (χ1n) is 12.1. The summed E-state index contributed by atoms with van der Waals surface area (Å²) in [6, 6.07) is 9.29. The van der Waals surface area contributed by atoms with Crippen molar-refractivity contribution in [2.75, 3.05) is 17.2 Å². The van der Waals surface area contributed by atoms with Crippen molar-refractivity contribution >= 4 is 23.5 Å².